The molecule has 1 aromatic carbocycles. The lowest BCUT2D eigenvalue weighted by atomic mass is 9.93. The summed E-state index contributed by atoms with van der Waals surface area (Å²) < 4.78 is 101. The molecule has 0 N–H and O–H groups in total. The summed E-state index contributed by atoms with van der Waals surface area (Å²) in [6.07, 6.45) is -0.736. The van der Waals surface area contributed by atoms with Gasteiger partial charge in [-0.1, -0.05) is 0 Å². The Morgan fingerprint density at radius 2 is 1.22 bits per heavy atom. The Labute approximate surface area is 147 Å². The lowest BCUT2D eigenvalue weighted by Crippen LogP contribution is -2.37. The summed E-state index contributed by atoms with van der Waals surface area (Å²) in [5.41, 5.74) is -0.298. The quantitative estimate of drug-likeness (QED) is 0.322. The van der Waals surface area contributed by atoms with Crippen molar-refractivity contribution in [1.82, 2.24) is 5.06 Å². The van der Waals surface area contributed by atoms with Gasteiger partial charge >= 0.3 is 10.1 Å². The number of ether oxygens (including phenoxy) is 1. The number of hydroxylamine groups is 2. The van der Waals surface area contributed by atoms with Crippen LogP contribution in [0.2, 0.25) is 0 Å². The zero-order valence-electron chi connectivity index (χ0n) is 12.8. The van der Waals surface area contributed by atoms with Gasteiger partial charge in [-0.25, -0.2) is 22.0 Å². The highest BCUT2D eigenvalue weighted by Crippen LogP contribution is 2.44. The van der Waals surface area contributed by atoms with Crippen LogP contribution in [-0.2, 0) is 28.7 Å². The number of rotatable bonds is 3. The molecular formula is C14H6F5NO6S. The van der Waals surface area contributed by atoms with Crippen molar-refractivity contribution in [3.05, 3.63) is 40.2 Å². The van der Waals surface area contributed by atoms with E-state index >= 15 is 0 Å². The number of carbonyl (C=O) groups excluding carboxylic acids is 2. The second-order valence-corrected chi connectivity index (χ2v) is 7.32. The first-order chi connectivity index (χ1) is 12.6. The van der Waals surface area contributed by atoms with Gasteiger partial charge in [-0.15, -0.1) is 9.35 Å². The highest BCUT2D eigenvalue weighted by molar-refractivity contribution is 7.86. The number of hydrogen-bond donors (Lipinski definition) is 0. The maximum absolute atomic E-state index is 13.7. The monoisotopic (exact) mass is 411 g/mol. The molecule has 1 fully saturated rings. The molecule has 7 nitrogen and oxygen atoms in total. The van der Waals surface area contributed by atoms with Gasteiger partial charge in [-0.2, -0.15) is 8.42 Å². The third-order valence-corrected chi connectivity index (χ3v) is 5.58. The van der Waals surface area contributed by atoms with Gasteiger partial charge in [0, 0.05) is 0 Å². The Bertz CT molecular complexity index is 1010. The van der Waals surface area contributed by atoms with Crippen molar-refractivity contribution in [2.75, 3.05) is 0 Å². The van der Waals surface area contributed by atoms with Crippen LogP contribution >= 0.6 is 0 Å². The third kappa shape index (κ3) is 2.28. The van der Waals surface area contributed by atoms with E-state index in [9.17, 15) is 40.0 Å². The van der Waals surface area contributed by atoms with E-state index in [2.05, 4.69) is 4.28 Å². The van der Waals surface area contributed by atoms with E-state index < -0.39 is 68.1 Å². The Morgan fingerprint density at radius 3 is 1.67 bits per heavy atom. The third-order valence-electron chi connectivity index (χ3n) is 4.38. The number of benzene rings is 1. The number of fused-ring (bicyclic) bond motifs is 4. The van der Waals surface area contributed by atoms with Crippen molar-refractivity contribution >= 4 is 21.9 Å². The van der Waals surface area contributed by atoms with Crippen LogP contribution in [0.25, 0.3) is 0 Å². The van der Waals surface area contributed by atoms with E-state index in [1.54, 1.807) is 0 Å². The van der Waals surface area contributed by atoms with E-state index in [4.69, 9.17) is 4.74 Å². The van der Waals surface area contributed by atoms with Crippen LogP contribution < -0.4 is 0 Å². The van der Waals surface area contributed by atoms with Crippen molar-refractivity contribution in [2.24, 2.45) is 0 Å². The normalized spacial score (nSPS) is 24.4. The molecule has 2 unspecified atom stereocenters. The predicted molar refractivity (Wildman–Crippen MR) is 71.3 cm³/mol. The van der Waals surface area contributed by atoms with Crippen LogP contribution in [0.1, 0.15) is 12.8 Å². The number of nitrogens with zero attached hydrogens (tertiary/aromatic N) is 1. The molecular weight excluding hydrogens is 405 g/mol. The first kappa shape index (κ1) is 18.0. The van der Waals surface area contributed by atoms with E-state index in [1.165, 1.54) is 0 Å². The molecule has 0 aromatic heterocycles. The highest BCUT2D eigenvalue weighted by atomic mass is 32.2. The van der Waals surface area contributed by atoms with E-state index in [1.807, 2.05) is 0 Å². The topological polar surface area (TPSA) is 90.0 Å². The molecule has 2 amide bonds. The molecule has 13 heteroatoms. The van der Waals surface area contributed by atoms with Crippen LogP contribution in [-0.4, -0.2) is 37.5 Å². The molecule has 1 saturated heterocycles. The molecule has 0 radical (unpaired) electrons. The summed E-state index contributed by atoms with van der Waals surface area (Å²) in [6, 6.07) is 0. The Balaban J connectivity index is 1.73. The molecule has 4 rings (SSSR count). The van der Waals surface area contributed by atoms with Crippen LogP contribution in [0.4, 0.5) is 22.0 Å². The van der Waals surface area contributed by atoms with Crippen molar-refractivity contribution in [3.8, 4) is 0 Å². The van der Waals surface area contributed by atoms with Crippen LogP contribution in [0.5, 0.6) is 0 Å². The molecule has 2 bridgehead atoms. The van der Waals surface area contributed by atoms with E-state index in [-0.39, 0.29) is 16.2 Å². The average molecular weight is 411 g/mol. The van der Waals surface area contributed by atoms with E-state index in [0.717, 1.165) is 0 Å². The second-order valence-electron chi connectivity index (χ2n) is 5.85. The number of halogens is 5. The zero-order chi connectivity index (χ0) is 19.8. The minimum Gasteiger partial charge on any atom is -0.365 e. The Hall–Kier alpha value is -2.38. The lowest BCUT2D eigenvalue weighted by molar-refractivity contribution is -0.164. The van der Waals surface area contributed by atoms with Crippen LogP contribution in [0.3, 0.4) is 0 Å². The minimum absolute atomic E-state index is 0.149. The number of imide groups is 1. The molecule has 2 atom stereocenters. The smallest absolute Gasteiger partial charge is 0.324 e. The van der Waals surface area contributed by atoms with Crippen LogP contribution in [0.15, 0.2) is 16.0 Å². The number of amides is 2. The van der Waals surface area contributed by atoms with Crippen molar-refractivity contribution < 1.29 is 49.0 Å². The van der Waals surface area contributed by atoms with Gasteiger partial charge in [0.15, 0.2) is 28.2 Å². The molecule has 3 aliphatic heterocycles. The zero-order valence-corrected chi connectivity index (χ0v) is 13.6. The largest absolute Gasteiger partial charge is 0.365 e. The van der Waals surface area contributed by atoms with Gasteiger partial charge in [0.05, 0.1) is 23.4 Å². The summed E-state index contributed by atoms with van der Waals surface area (Å²) in [4.78, 5) is 22.2. The lowest BCUT2D eigenvalue weighted by Gasteiger charge is -2.17. The van der Waals surface area contributed by atoms with E-state index in [0.29, 0.717) is 12.8 Å². The van der Waals surface area contributed by atoms with Gasteiger partial charge in [0.25, 0.3) is 11.8 Å². The summed E-state index contributed by atoms with van der Waals surface area (Å²) in [7, 11) is -5.76. The molecule has 0 saturated carbocycles. The van der Waals surface area contributed by atoms with Crippen molar-refractivity contribution in [1.29, 1.82) is 0 Å². The Morgan fingerprint density at radius 1 is 0.815 bits per heavy atom. The van der Waals surface area contributed by atoms with Gasteiger partial charge < -0.3 is 4.74 Å². The standard InChI is InChI=1S/C14H6F5NO6S/c15-7-8(16)10(18)12(11(19)9(7)17)27(23,24)26-20-13(21)5-3-1-2-4(25-3)6(5)14(20)22/h3-4H,1-2H2. The summed E-state index contributed by atoms with van der Waals surface area (Å²) in [5.74, 6) is -15.5. The first-order valence-corrected chi connectivity index (χ1v) is 8.71. The number of carbonyl (C=O) groups is 2. The fourth-order valence-corrected chi connectivity index (χ4v) is 4.26. The van der Waals surface area contributed by atoms with Crippen LogP contribution in [0, 0.1) is 29.1 Å². The summed E-state index contributed by atoms with van der Waals surface area (Å²) in [6.45, 7) is 0. The molecule has 1 aromatic rings. The molecule has 3 heterocycles. The molecule has 144 valence electrons. The summed E-state index contributed by atoms with van der Waals surface area (Å²) >= 11 is 0. The fraction of sp³-hybridized carbons (Fsp3) is 0.286. The van der Waals surface area contributed by atoms with Gasteiger partial charge in [0.1, 0.15) is 0 Å². The van der Waals surface area contributed by atoms with Crippen molar-refractivity contribution in [2.45, 2.75) is 29.9 Å². The highest BCUT2D eigenvalue weighted by Gasteiger charge is 2.55. The molecule has 3 aliphatic rings. The fourth-order valence-electron chi connectivity index (χ4n) is 3.23. The van der Waals surface area contributed by atoms with Gasteiger partial charge in [-0.3, -0.25) is 9.59 Å². The van der Waals surface area contributed by atoms with Gasteiger partial charge in [0.2, 0.25) is 5.82 Å². The molecule has 0 aliphatic carbocycles. The average Bonchev–Trinajstić information content (AvgIpc) is 3.28. The molecule has 0 spiro atoms. The van der Waals surface area contributed by atoms with Gasteiger partial charge in [-0.05, 0) is 12.8 Å². The summed E-state index contributed by atoms with van der Waals surface area (Å²) in [5, 5.41) is -0.286. The maximum Gasteiger partial charge on any atom is 0.324 e. The first-order valence-electron chi connectivity index (χ1n) is 7.30. The predicted octanol–water partition coefficient (Wildman–Crippen LogP) is 1.23. The SMILES string of the molecule is O=C1C2=C(C(=O)N1OS(=O)(=O)c1c(F)c(F)c(F)c(F)c1F)C1CCC2O1. The van der Waals surface area contributed by atoms with Crippen molar-refractivity contribution in [3.63, 3.8) is 0 Å². The minimum atomic E-state index is -5.76. The maximum atomic E-state index is 13.7. The Kier molecular flexibility index (Phi) is 3.71. The number of hydrogen-bond acceptors (Lipinski definition) is 6. The second kappa shape index (κ2) is 5.56. The molecule has 27 heavy (non-hydrogen) atoms.